The largest absolute Gasteiger partial charge is 0.342 e. The van der Waals surface area contributed by atoms with Gasteiger partial charge in [-0.25, -0.2) is 0 Å². The number of nitrogens with zero attached hydrogens (tertiary/aromatic N) is 1. The zero-order valence-electron chi connectivity index (χ0n) is 9.07. The molecule has 3 heteroatoms. The van der Waals surface area contributed by atoms with Crippen molar-refractivity contribution in [3.05, 3.63) is 22.4 Å². The Hall–Kier alpha value is -0.800. The third-order valence-corrected chi connectivity index (χ3v) is 5.37. The van der Waals surface area contributed by atoms with E-state index in [1.54, 1.807) is 0 Å². The minimum absolute atomic E-state index is 0.636. The monoisotopic (exact) mass is 235 g/mol. The van der Waals surface area contributed by atoms with Crippen LogP contribution < -0.4 is 0 Å². The lowest BCUT2D eigenvalue weighted by molar-refractivity contribution is 0.889. The lowest BCUT2D eigenvalue weighted by Crippen LogP contribution is -1.84. The van der Waals surface area contributed by atoms with E-state index in [2.05, 4.69) is 43.0 Å². The average Bonchev–Trinajstić information content (AvgIpc) is 2.85. The first-order valence-electron chi connectivity index (χ1n) is 5.14. The third kappa shape index (κ3) is 1.20. The van der Waals surface area contributed by atoms with Crippen LogP contribution in [-0.4, -0.2) is 4.57 Å². The van der Waals surface area contributed by atoms with Gasteiger partial charge in [0.2, 0.25) is 0 Å². The van der Waals surface area contributed by atoms with Gasteiger partial charge in [-0.15, -0.1) is 22.7 Å². The highest BCUT2D eigenvalue weighted by atomic mass is 32.1. The van der Waals surface area contributed by atoms with Crippen LogP contribution in [0.1, 0.15) is 24.6 Å². The first kappa shape index (κ1) is 9.43. The molecule has 3 aromatic heterocycles. The number of hydrogen-bond donors (Lipinski definition) is 0. The molecular formula is C12H13NS2. The number of fused-ring (bicyclic) bond motifs is 3. The Balaban J connectivity index is 2.44. The van der Waals surface area contributed by atoms with Crippen molar-refractivity contribution in [1.82, 2.24) is 4.57 Å². The Bertz CT molecular complexity index is 624. The molecular weight excluding hydrogens is 222 g/mol. The number of thiophene rings is 2. The number of rotatable bonds is 1. The predicted octanol–water partition coefficient (Wildman–Crippen LogP) is 4.58. The molecule has 0 atom stereocenters. The van der Waals surface area contributed by atoms with E-state index in [1.807, 2.05) is 22.7 Å². The topological polar surface area (TPSA) is 4.93 Å². The van der Waals surface area contributed by atoms with Crippen molar-refractivity contribution in [2.24, 2.45) is 7.05 Å². The molecule has 0 saturated heterocycles. The zero-order chi connectivity index (χ0) is 10.6. The van der Waals surface area contributed by atoms with Crippen LogP contribution in [0.2, 0.25) is 0 Å². The van der Waals surface area contributed by atoms with Crippen molar-refractivity contribution < 1.29 is 0 Å². The zero-order valence-corrected chi connectivity index (χ0v) is 10.7. The van der Waals surface area contributed by atoms with E-state index in [1.165, 1.54) is 25.3 Å². The van der Waals surface area contributed by atoms with Crippen molar-refractivity contribution in [3.63, 3.8) is 0 Å². The van der Waals surface area contributed by atoms with Gasteiger partial charge < -0.3 is 4.57 Å². The van der Waals surface area contributed by atoms with Gasteiger partial charge in [-0.2, -0.15) is 0 Å². The maximum absolute atomic E-state index is 2.34. The van der Waals surface area contributed by atoms with Crippen LogP contribution in [-0.2, 0) is 7.05 Å². The number of hydrogen-bond acceptors (Lipinski definition) is 2. The summed E-state index contributed by atoms with van der Waals surface area (Å²) in [5, 5.41) is 2.18. The molecule has 0 spiro atoms. The van der Waals surface area contributed by atoms with Gasteiger partial charge in [0.25, 0.3) is 0 Å². The Morgan fingerprint density at radius 3 is 2.73 bits per heavy atom. The molecule has 0 radical (unpaired) electrons. The van der Waals surface area contributed by atoms with Crippen molar-refractivity contribution in [2.75, 3.05) is 0 Å². The SMILES string of the molecule is CC(C)c1cc2c(s1)c1sccc1n2C. The molecule has 1 nitrogen and oxygen atoms in total. The van der Waals surface area contributed by atoms with E-state index in [9.17, 15) is 0 Å². The Kier molecular flexibility index (Phi) is 1.94. The lowest BCUT2D eigenvalue weighted by Gasteiger charge is -1.98. The molecule has 3 heterocycles. The standard InChI is InChI=1S/C12H13NS2/c1-7(2)10-6-9-12(15-10)11-8(13(9)3)4-5-14-11/h4-7H,1-3H3. The van der Waals surface area contributed by atoms with Crippen LogP contribution in [0.15, 0.2) is 17.5 Å². The van der Waals surface area contributed by atoms with Crippen molar-refractivity contribution in [3.8, 4) is 0 Å². The summed E-state index contributed by atoms with van der Waals surface area (Å²) in [4.78, 5) is 1.49. The second-order valence-corrected chi connectivity index (χ2v) is 6.21. The van der Waals surface area contributed by atoms with Crippen molar-refractivity contribution in [1.29, 1.82) is 0 Å². The normalized spacial score (nSPS) is 12.3. The molecule has 0 aliphatic rings. The molecule has 0 aliphatic heterocycles. The van der Waals surface area contributed by atoms with Crippen LogP contribution in [0.25, 0.3) is 20.4 Å². The number of aromatic nitrogens is 1. The van der Waals surface area contributed by atoms with Crippen LogP contribution in [0.5, 0.6) is 0 Å². The first-order valence-corrected chi connectivity index (χ1v) is 6.83. The minimum atomic E-state index is 0.636. The summed E-state index contributed by atoms with van der Waals surface area (Å²) in [5.74, 6) is 0.636. The molecule has 3 aromatic rings. The quantitative estimate of drug-likeness (QED) is 0.582. The number of aryl methyl sites for hydroxylation is 1. The fourth-order valence-electron chi connectivity index (χ4n) is 1.96. The Labute approximate surface area is 97.0 Å². The second kappa shape index (κ2) is 3.09. The average molecular weight is 235 g/mol. The predicted molar refractivity (Wildman–Crippen MR) is 70.3 cm³/mol. The maximum Gasteiger partial charge on any atom is 0.0703 e. The fraction of sp³-hybridized carbons (Fsp3) is 0.333. The van der Waals surface area contributed by atoms with E-state index in [0.29, 0.717) is 5.92 Å². The highest BCUT2D eigenvalue weighted by Crippen LogP contribution is 2.39. The molecule has 0 fully saturated rings. The summed E-state index contributed by atoms with van der Waals surface area (Å²) in [7, 11) is 2.16. The van der Waals surface area contributed by atoms with Crippen LogP contribution in [0.4, 0.5) is 0 Å². The molecule has 0 saturated carbocycles. The van der Waals surface area contributed by atoms with Crippen molar-refractivity contribution in [2.45, 2.75) is 19.8 Å². The van der Waals surface area contributed by atoms with Gasteiger partial charge in [-0.1, -0.05) is 13.8 Å². The molecule has 0 N–H and O–H groups in total. The van der Waals surface area contributed by atoms with Gasteiger partial charge >= 0.3 is 0 Å². The summed E-state index contributed by atoms with van der Waals surface area (Å²) >= 11 is 3.80. The summed E-state index contributed by atoms with van der Waals surface area (Å²) in [6.45, 7) is 4.52. The van der Waals surface area contributed by atoms with Gasteiger partial charge in [0.1, 0.15) is 0 Å². The maximum atomic E-state index is 2.34. The van der Waals surface area contributed by atoms with Gasteiger partial charge in [0.05, 0.1) is 20.4 Å². The first-order chi connectivity index (χ1) is 7.18. The van der Waals surface area contributed by atoms with Gasteiger partial charge in [-0.05, 0) is 23.4 Å². The van der Waals surface area contributed by atoms with Gasteiger partial charge in [-0.3, -0.25) is 0 Å². The molecule has 0 bridgehead atoms. The molecule has 0 unspecified atom stereocenters. The highest BCUT2D eigenvalue weighted by molar-refractivity contribution is 7.26. The van der Waals surface area contributed by atoms with E-state index < -0.39 is 0 Å². The van der Waals surface area contributed by atoms with Crippen LogP contribution >= 0.6 is 22.7 Å². The summed E-state index contributed by atoms with van der Waals surface area (Å²) in [6, 6.07) is 4.55. The summed E-state index contributed by atoms with van der Waals surface area (Å²) < 4.78 is 5.22. The van der Waals surface area contributed by atoms with Crippen LogP contribution in [0, 0.1) is 0 Å². The van der Waals surface area contributed by atoms with Gasteiger partial charge in [0.15, 0.2) is 0 Å². The van der Waals surface area contributed by atoms with Crippen molar-refractivity contribution >= 4 is 43.1 Å². The molecule has 15 heavy (non-hydrogen) atoms. The molecule has 78 valence electrons. The highest BCUT2D eigenvalue weighted by Gasteiger charge is 2.14. The molecule has 0 aliphatic carbocycles. The Morgan fingerprint density at radius 1 is 1.20 bits per heavy atom. The smallest absolute Gasteiger partial charge is 0.0703 e. The lowest BCUT2D eigenvalue weighted by atomic mass is 10.2. The van der Waals surface area contributed by atoms with Crippen LogP contribution in [0.3, 0.4) is 0 Å². The second-order valence-electron chi connectivity index (χ2n) is 4.21. The van der Waals surface area contributed by atoms with E-state index in [0.717, 1.165) is 0 Å². The fourth-order valence-corrected chi connectivity index (χ4v) is 4.24. The molecule has 0 aromatic carbocycles. The molecule has 0 amide bonds. The van der Waals surface area contributed by atoms with E-state index >= 15 is 0 Å². The molecule has 3 rings (SSSR count). The van der Waals surface area contributed by atoms with E-state index in [4.69, 9.17) is 0 Å². The minimum Gasteiger partial charge on any atom is -0.342 e. The summed E-state index contributed by atoms with van der Waals surface area (Å²) in [6.07, 6.45) is 0. The Morgan fingerprint density at radius 2 is 2.00 bits per heavy atom. The third-order valence-electron chi connectivity index (χ3n) is 2.87. The summed E-state index contributed by atoms with van der Waals surface area (Å²) in [5.41, 5.74) is 2.77. The van der Waals surface area contributed by atoms with Gasteiger partial charge in [0, 0.05) is 11.9 Å². The van der Waals surface area contributed by atoms with E-state index in [-0.39, 0.29) is 0 Å².